The average molecular weight is 490 g/mol. The van der Waals surface area contributed by atoms with E-state index in [0.717, 1.165) is 56.4 Å². The number of amides is 1. The third-order valence-corrected chi connectivity index (χ3v) is 7.25. The van der Waals surface area contributed by atoms with Crippen molar-refractivity contribution in [3.63, 3.8) is 0 Å². The first kappa shape index (κ1) is 23.0. The third kappa shape index (κ3) is 4.39. The maximum absolute atomic E-state index is 11.1. The minimum atomic E-state index is 0.318. The highest BCUT2D eigenvalue weighted by Crippen LogP contribution is 2.57. The monoisotopic (exact) mass is 489 g/mol. The molecular weight excluding hydrogens is 462 g/mol. The first-order valence-electron chi connectivity index (χ1n) is 11.3. The lowest BCUT2D eigenvalue weighted by atomic mass is 10.0. The normalized spacial score (nSPS) is 16.7. The highest BCUT2D eigenvalue weighted by molar-refractivity contribution is 7.98. The molecule has 5 rings (SSSR count). The summed E-state index contributed by atoms with van der Waals surface area (Å²) in [5.41, 5.74) is 5.96. The maximum Gasteiger partial charge on any atom is 0.238 e. The molecule has 1 aliphatic rings. The number of ether oxygens (including phenoxy) is 2. The Bertz CT molecular complexity index is 1400. The van der Waals surface area contributed by atoms with Gasteiger partial charge in [-0.1, -0.05) is 6.07 Å². The molecule has 1 saturated carbocycles. The van der Waals surface area contributed by atoms with E-state index in [4.69, 9.17) is 9.47 Å². The summed E-state index contributed by atoms with van der Waals surface area (Å²) < 4.78 is 10.9. The molecular formula is C26H27N5O3S. The van der Waals surface area contributed by atoms with Crippen molar-refractivity contribution < 1.29 is 14.3 Å². The molecule has 4 aromatic rings. The standard InChI is InChI=1S/C26H27N5O3S/c1-14-9-23(25(34-3)29-26(14)35-4)28-24-17-7-5-15(10-22(17)30-31-24)18-12-19(18)20-11-16(33-2)6-8-21(20)27-13-32/h5-11,13,18-19H,12H2,1-4H3,(H,27,32)(H2,28,30,31). The topological polar surface area (TPSA) is 101 Å². The minimum absolute atomic E-state index is 0.318. The van der Waals surface area contributed by atoms with Crippen LogP contribution in [0.4, 0.5) is 17.2 Å². The van der Waals surface area contributed by atoms with Gasteiger partial charge in [-0.05, 0) is 84.5 Å². The van der Waals surface area contributed by atoms with Crippen LogP contribution in [0.2, 0.25) is 0 Å². The van der Waals surface area contributed by atoms with E-state index in [9.17, 15) is 4.79 Å². The highest BCUT2D eigenvalue weighted by atomic mass is 32.2. The molecule has 0 radical (unpaired) electrons. The molecule has 0 saturated heterocycles. The van der Waals surface area contributed by atoms with Gasteiger partial charge in [0, 0.05) is 11.1 Å². The Morgan fingerprint density at radius 2 is 1.94 bits per heavy atom. The van der Waals surface area contributed by atoms with E-state index in [1.807, 2.05) is 37.4 Å². The minimum Gasteiger partial charge on any atom is -0.497 e. The molecule has 2 atom stereocenters. The maximum atomic E-state index is 11.1. The Morgan fingerprint density at radius 1 is 1.09 bits per heavy atom. The van der Waals surface area contributed by atoms with Gasteiger partial charge in [0.15, 0.2) is 5.82 Å². The number of H-pyrrole nitrogens is 1. The van der Waals surface area contributed by atoms with Crippen LogP contribution in [-0.4, -0.2) is 42.1 Å². The van der Waals surface area contributed by atoms with Gasteiger partial charge in [-0.2, -0.15) is 5.10 Å². The Kier molecular flexibility index (Phi) is 6.25. The summed E-state index contributed by atoms with van der Waals surface area (Å²) >= 11 is 1.59. The van der Waals surface area contributed by atoms with E-state index in [0.29, 0.717) is 24.1 Å². The third-order valence-electron chi connectivity index (χ3n) is 6.45. The second kappa shape index (κ2) is 9.50. The van der Waals surface area contributed by atoms with E-state index < -0.39 is 0 Å². The van der Waals surface area contributed by atoms with Gasteiger partial charge in [0.1, 0.15) is 16.5 Å². The summed E-state index contributed by atoms with van der Waals surface area (Å²) in [5.74, 6) is 2.72. The Labute approximate surface area is 207 Å². The molecule has 0 bridgehead atoms. The lowest BCUT2D eigenvalue weighted by Crippen LogP contribution is -2.00. The van der Waals surface area contributed by atoms with Gasteiger partial charge in [0.05, 0.1) is 19.7 Å². The molecule has 180 valence electrons. The summed E-state index contributed by atoms with van der Waals surface area (Å²) in [4.78, 5) is 15.7. The molecule has 3 N–H and O–H groups in total. The number of carbonyl (C=O) groups is 1. The number of anilines is 3. The van der Waals surface area contributed by atoms with Crippen LogP contribution < -0.4 is 20.1 Å². The predicted octanol–water partition coefficient (Wildman–Crippen LogP) is 5.59. The van der Waals surface area contributed by atoms with Crippen molar-refractivity contribution in [1.29, 1.82) is 0 Å². The second-order valence-electron chi connectivity index (χ2n) is 8.54. The molecule has 1 amide bonds. The van der Waals surface area contributed by atoms with Crippen molar-refractivity contribution in [2.75, 3.05) is 31.1 Å². The van der Waals surface area contributed by atoms with Crippen molar-refractivity contribution >= 4 is 46.3 Å². The van der Waals surface area contributed by atoms with Gasteiger partial charge >= 0.3 is 0 Å². The molecule has 1 fully saturated rings. The molecule has 0 aliphatic heterocycles. The van der Waals surface area contributed by atoms with Crippen molar-refractivity contribution in [2.24, 2.45) is 0 Å². The largest absolute Gasteiger partial charge is 0.497 e. The van der Waals surface area contributed by atoms with Gasteiger partial charge in [0.25, 0.3) is 0 Å². The summed E-state index contributed by atoms with van der Waals surface area (Å²) in [6, 6.07) is 14.2. The smallest absolute Gasteiger partial charge is 0.238 e. The molecule has 0 spiro atoms. The molecule has 35 heavy (non-hydrogen) atoms. The highest BCUT2D eigenvalue weighted by Gasteiger charge is 2.41. The van der Waals surface area contributed by atoms with E-state index >= 15 is 0 Å². The molecule has 1 aliphatic carbocycles. The zero-order valence-corrected chi connectivity index (χ0v) is 20.8. The zero-order valence-electron chi connectivity index (χ0n) is 20.0. The SMILES string of the molecule is COc1ccc(NC=O)c(C2CC2c2ccc3c(Nc4cc(C)c(SC)nc4OC)n[nH]c3c2)c1. The average Bonchev–Trinajstić information content (AvgIpc) is 3.58. The summed E-state index contributed by atoms with van der Waals surface area (Å²) in [7, 11) is 3.27. The Hall–Kier alpha value is -3.72. The van der Waals surface area contributed by atoms with Crippen LogP contribution >= 0.6 is 11.8 Å². The number of aryl methyl sites for hydroxylation is 1. The van der Waals surface area contributed by atoms with Gasteiger partial charge in [-0.25, -0.2) is 4.98 Å². The van der Waals surface area contributed by atoms with Crippen LogP contribution in [0.3, 0.4) is 0 Å². The number of aromatic nitrogens is 3. The van der Waals surface area contributed by atoms with Crippen LogP contribution in [0.1, 0.15) is 34.9 Å². The van der Waals surface area contributed by atoms with Crippen LogP contribution in [0, 0.1) is 6.92 Å². The first-order chi connectivity index (χ1) is 17.1. The fourth-order valence-electron chi connectivity index (χ4n) is 4.60. The predicted molar refractivity (Wildman–Crippen MR) is 139 cm³/mol. The fourth-order valence-corrected chi connectivity index (χ4v) is 5.15. The number of nitrogens with one attached hydrogen (secondary N) is 3. The number of pyridine rings is 1. The number of rotatable bonds is 9. The van der Waals surface area contributed by atoms with Crippen molar-refractivity contribution in [3.8, 4) is 11.6 Å². The molecule has 8 nitrogen and oxygen atoms in total. The number of hydrogen-bond acceptors (Lipinski definition) is 7. The molecule has 9 heteroatoms. The van der Waals surface area contributed by atoms with Gasteiger partial charge in [-0.3, -0.25) is 9.89 Å². The summed E-state index contributed by atoms with van der Waals surface area (Å²) in [6.07, 6.45) is 3.73. The Balaban J connectivity index is 1.40. The van der Waals surface area contributed by atoms with Crippen LogP contribution in [0.5, 0.6) is 11.6 Å². The Morgan fingerprint density at radius 3 is 2.69 bits per heavy atom. The van der Waals surface area contributed by atoms with Gasteiger partial charge < -0.3 is 20.1 Å². The number of fused-ring (bicyclic) bond motifs is 1. The lowest BCUT2D eigenvalue weighted by Gasteiger charge is -2.12. The lowest BCUT2D eigenvalue weighted by molar-refractivity contribution is -0.105. The molecule has 2 aromatic carbocycles. The number of methoxy groups -OCH3 is 2. The number of benzene rings is 2. The van der Waals surface area contributed by atoms with Gasteiger partial charge in [0.2, 0.25) is 12.3 Å². The first-order valence-corrected chi connectivity index (χ1v) is 12.5. The van der Waals surface area contributed by atoms with Crippen molar-refractivity contribution in [1.82, 2.24) is 15.2 Å². The van der Waals surface area contributed by atoms with Crippen molar-refractivity contribution in [3.05, 3.63) is 59.2 Å². The number of nitrogens with zero attached hydrogens (tertiary/aromatic N) is 2. The number of carbonyl (C=O) groups excluding carboxylic acids is 1. The van der Waals surface area contributed by atoms with Gasteiger partial charge in [-0.15, -0.1) is 11.8 Å². The fraction of sp³-hybridized carbons (Fsp3) is 0.269. The number of hydrogen-bond donors (Lipinski definition) is 3. The molecule has 2 unspecified atom stereocenters. The van der Waals surface area contributed by atoms with E-state index in [-0.39, 0.29) is 0 Å². The molecule has 2 aromatic heterocycles. The zero-order chi connectivity index (χ0) is 24.5. The molecule has 2 heterocycles. The van der Waals surface area contributed by atoms with E-state index in [2.05, 4.69) is 44.0 Å². The van der Waals surface area contributed by atoms with E-state index in [1.165, 1.54) is 5.56 Å². The van der Waals surface area contributed by atoms with Crippen LogP contribution in [0.15, 0.2) is 47.5 Å². The van der Waals surface area contributed by atoms with E-state index in [1.54, 1.807) is 26.0 Å². The van der Waals surface area contributed by atoms with Crippen LogP contribution in [0.25, 0.3) is 10.9 Å². The van der Waals surface area contributed by atoms with Crippen molar-refractivity contribution in [2.45, 2.75) is 30.2 Å². The number of thioether (sulfide) groups is 1. The second-order valence-corrected chi connectivity index (χ2v) is 9.33. The number of aromatic amines is 1. The van der Waals surface area contributed by atoms with Crippen LogP contribution in [-0.2, 0) is 4.79 Å². The summed E-state index contributed by atoms with van der Waals surface area (Å²) in [5, 5.41) is 15.8. The quantitative estimate of drug-likeness (QED) is 0.208. The summed E-state index contributed by atoms with van der Waals surface area (Å²) in [6.45, 7) is 2.03.